The van der Waals surface area contributed by atoms with Crippen molar-refractivity contribution in [3.63, 3.8) is 0 Å². The maximum Gasteiger partial charge on any atom is -0.0120 e. The summed E-state index contributed by atoms with van der Waals surface area (Å²) in [6, 6.07) is 13.9. The molecule has 0 atom stereocenters. The lowest BCUT2D eigenvalue weighted by molar-refractivity contribution is 0.781. The van der Waals surface area contributed by atoms with E-state index < -0.39 is 0 Å². The third-order valence-corrected chi connectivity index (χ3v) is 4.39. The van der Waals surface area contributed by atoms with Crippen molar-refractivity contribution in [2.45, 2.75) is 66.2 Å². The summed E-state index contributed by atoms with van der Waals surface area (Å²) in [5, 5.41) is 0. The number of rotatable bonds is 7. The van der Waals surface area contributed by atoms with Gasteiger partial charge in [0.2, 0.25) is 0 Å². The Labute approximate surface area is 136 Å². The average Bonchev–Trinajstić information content (AvgIpc) is 2.51. The van der Waals surface area contributed by atoms with Crippen LogP contribution in [0.5, 0.6) is 0 Å². The van der Waals surface area contributed by atoms with Crippen LogP contribution in [0.25, 0.3) is 11.1 Å². The summed E-state index contributed by atoms with van der Waals surface area (Å²) in [5.74, 6) is 0. The molecule has 0 radical (unpaired) electrons. The maximum absolute atomic E-state index is 2.40. The van der Waals surface area contributed by atoms with Crippen LogP contribution in [0, 0.1) is 13.8 Å². The zero-order valence-electron chi connectivity index (χ0n) is 14.7. The van der Waals surface area contributed by atoms with Crippen LogP contribution in [0.3, 0.4) is 0 Å². The summed E-state index contributed by atoms with van der Waals surface area (Å²) in [7, 11) is 0. The maximum atomic E-state index is 2.40. The van der Waals surface area contributed by atoms with Crippen LogP contribution < -0.4 is 0 Å². The first kappa shape index (κ1) is 16.8. The van der Waals surface area contributed by atoms with Crippen LogP contribution in [0.4, 0.5) is 0 Å². The van der Waals surface area contributed by atoms with E-state index in [2.05, 4.69) is 64.1 Å². The Kier molecular flexibility index (Phi) is 6.24. The van der Waals surface area contributed by atoms with Crippen LogP contribution in [0.1, 0.15) is 61.8 Å². The molecule has 0 amide bonds. The number of hydrogen-bond donors (Lipinski definition) is 0. The minimum atomic E-state index is 1.19. The fraction of sp³-hybridized carbons (Fsp3) is 0.455. The molecule has 22 heavy (non-hydrogen) atoms. The fourth-order valence-corrected chi connectivity index (χ4v) is 3.16. The summed E-state index contributed by atoms with van der Waals surface area (Å²) in [6.45, 7) is 8.96. The molecule has 0 heteroatoms. The van der Waals surface area contributed by atoms with E-state index in [0.29, 0.717) is 0 Å². The van der Waals surface area contributed by atoms with Gasteiger partial charge in [0.25, 0.3) is 0 Å². The summed E-state index contributed by atoms with van der Waals surface area (Å²) in [6.07, 6.45) is 7.45. The molecule has 0 aliphatic heterocycles. The first-order valence-corrected chi connectivity index (χ1v) is 8.85. The predicted octanol–water partition coefficient (Wildman–Crippen LogP) is 6.66. The van der Waals surface area contributed by atoms with E-state index in [0.717, 1.165) is 0 Å². The van der Waals surface area contributed by atoms with Crippen LogP contribution in [0.15, 0.2) is 36.4 Å². The van der Waals surface area contributed by atoms with E-state index >= 15 is 0 Å². The van der Waals surface area contributed by atoms with Crippen molar-refractivity contribution in [1.29, 1.82) is 0 Å². The molecule has 118 valence electrons. The molecule has 0 unspecified atom stereocenters. The molecule has 2 rings (SSSR count). The van der Waals surface area contributed by atoms with E-state index in [-0.39, 0.29) is 0 Å². The highest BCUT2D eigenvalue weighted by molar-refractivity contribution is 5.72. The minimum Gasteiger partial charge on any atom is -0.0654 e. The number of aryl methyl sites for hydroxylation is 4. The summed E-state index contributed by atoms with van der Waals surface area (Å²) >= 11 is 0. The lowest BCUT2D eigenvalue weighted by atomic mass is 9.88. The second-order valence-electron chi connectivity index (χ2n) is 6.53. The van der Waals surface area contributed by atoms with Crippen molar-refractivity contribution in [1.82, 2.24) is 0 Å². The molecule has 0 N–H and O–H groups in total. The lowest BCUT2D eigenvalue weighted by Gasteiger charge is -2.17. The van der Waals surface area contributed by atoms with Gasteiger partial charge in [-0.15, -0.1) is 0 Å². The highest BCUT2D eigenvalue weighted by atomic mass is 14.2. The van der Waals surface area contributed by atoms with Gasteiger partial charge in [-0.05, 0) is 61.8 Å². The molecule has 2 aromatic carbocycles. The molecule has 2 aromatic rings. The molecule has 0 spiro atoms. The van der Waals surface area contributed by atoms with Crippen LogP contribution in [-0.4, -0.2) is 0 Å². The fourth-order valence-electron chi connectivity index (χ4n) is 3.16. The normalized spacial score (nSPS) is 10.9. The van der Waals surface area contributed by atoms with E-state index in [1.54, 1.807) is 0 Å². The first-order chi connectivity index (χ1) is 10.7. The van der Waals surface area contributed by atoms with Crippen molar-refractivity contribution in [3.8, 4) is 11.1 Å². The molecule has 0 aliphatic rings. The highest BCUT2D eigenvalue weighted by Gasteiger charge is 2.11. The van der Waals surface area contributed by atoms with Gasteiger partial charge in [-0.2, -0.15) is 0 Å². The van der Waals surface area contributed by atoms with Gasteiger partial charge in [-0.1, -0.05) is 74.2 Å². The Bertz CT molecular complexity index is 561. The van der Waals surface area contributed by atoms with E-state index in [4.69, 9.17) is 0 Å². The largest absolute Gasteiger partial charge is 0.0654 e. The average molecular weight is 294 g/mol. The van der Waals surface area contributed by atoms with Gasteiger partial charge in [0, 0.05) is 0 Å². The SMILES string of the molecule is CCCCc1cc(C)cc(CCCC)c1-c1ccc(C)cc1. The standard InChI is InChI=1S/C22H30/c1-5-7-9-20-15-18(4)16-21(10-8-6-2)22(20)19-13-11-17(3)12-14-19/h11-16H,5-10H2,1-4H3. The van der Waals surface area contributed by atoms with Crippen molar-refractivity contribution in [2.75, 3.05) is 0 Å². The molecule has 0 fully saturated rings. The number of hydrogen-bond acceptors (Lipinski definition) is 0. The molecule has 0 aliphatic carbocycles. The third kappa shape index (κ3) is 4.22. The lowest BCUT2D eigenvalue weighted by Crippen LogP contribution is -1.99. The molecular weight excluding hydrogens is 264 g/mol. The number of unbranched alkanes of at least 4 members (excludes halogenated alkanes) is 2. The molecule has 0 aromatic heterocycles. The van der Waals surface area contributed by atoms with Gasteiger partial charge in [-0.3, -0.25) is 0 Å². The highest BCUT2D eigenvalue weighted by Crippen LogP contribution is 2.31. The van der Waals surface area contributed by atoms with Gasteiger partial charge >= 0.3 is 0 Å². The van der Waals surface area contributed by atoms with E-state index in [1.807, 2.05) is 0 Å². The van der Waals surface area contributed by atoms with Crippen molar-refractivity contribution < 1.29 is 0 Å². The summed E-state index contributed by atoms with van der Waals surface area (Å²) in [5.41, 5.74) is 8.72. The number of benzene rings is 2. The van der Waals surface area contributed by atoms with Gasteiger partial charge < -0.3 is 0 Å². The van der Waals surface area contributed by atoms with Crippen LogP contribution in [0.2, 0.25) is 0 Å². The molecular formula is C22H30. The summed E-state index contributed by atoms with van der Waals surface area (Å²) in [4.78, 5) is 0. The predicted molar refractivity (Wildman–Crippen MR) is 98.6 cm³/mol. The van der Waals surface area contributed by atoms with E-state index in [9.17, 15) is 0 Å². The van der Waals surface area contributed by atoms with E-state index in [1.165, 1.54) is 71.9 Å². The Balaban J connectivity index is 2.51. The molecule has 0 bridgehead atoms. The zero-order chi connectivity index (χ0) is 15.9. The smallest absolute Gasteiger partial charge is 0.0120 e. The van der Waals surface area contributed by atoms with Gasteiger partial charge in [-0.25, -0.2) is 0 Å². The van der Waals surface area contributed by atoms with Gasteiger partial charge in [0.05, 0.1) is 0 Å². The van der Waals surface area contributed by atoms with Crippen LogP contribution >= 0.6 is 0 Å². The monoisotopic (exact) mass is 294 g/mol. The first-order valence-electron chi connectivity index (χ1n) is 8.85. The quantitative estimate of drug-likeness (QED) is 0.536. The van der Waals surface area contributed by atoms with Gasteiger partial charge in [0.15, 0.2) is 0 Å². The second-order valence-corrected chi connectivity index (χ2v) is 6.53. The topological polar surface area (TPSA) is 0 Å². The second kappa shape index (κ2) is 8.17. The van der Waals surface area contributed by atoms with Crippen LogP contribution in [-0.2, 0) is 12.8 Å². The Morgan fingerprint density at radius 3 is 1.64 bits per heavy atom. The zero-order valence-corrected chi connectivity index (χ0v) is 14.7. The molecule has 0 heterocycles. The Morgan fingerprint density at radius 2 is 1.18 bits per heavy atom. The molecule has 0 nitrogen and oxygen atoms in total. The Morgan fingerprint density at radius 1 is 0.682 bits per heavy atom. The van der Waals surface area contributed by atoms with Crippen molar-refractivity contribution in [3.05, 3.63) is 58.7 Å². The Hall–Kier alpha value is -1.56. The van der Waals surface area contributed by atoms with Crippen molar-refractivity contribution >= 4 is 0 Å². The minimum absolute atomic E-state index is 1.19. The third-order valence-electron chi connectivity index (χ3n) is 4.39. The van der Waals surface area contributed by atoms with Crippen molar-refractivity contribution in [2.24, 2.45) is 0 Å². The molecule has 0 saturated carbocycles. The molecule has 0 saturated heterocycles. The van der Waals surface area contributed by atoms with Gasteiger partial charge in [0.1, 0.15) is 0 Å². The summed E-state index contributed by atoms with van der Waals surface area (Å²) < 4.78 is 0.